The normalized spacial score (nSPS) is 12.4. The number of carbonyl (C=O) groups excluding carboxylic acids is 1. The lowest BCUT2D eigenvalue weighted by molar-refractivity contribution is -0.139. The van der Waals surface area contributed by atoms with Crippen LogP contribution in [0.15, 0.2) is 54.2 Å². The molecule has 0 radical (unpaired) electrons. The minimum Gasteiger partial charge on any atom is -0.487 e. The maximum atomic E-state index is 12.6. The summed E-state index contributed by atoms with van der Waals surface area (Å²) in [4.78, 5) is 17.2. The van der Waals surface area contributed by atoms with E-state index in [0.29, 0.717) is 23.0 Å². The summed E-state index contributed by atoms with van der Waals surface area (Å²) < 4.78 is 19.0. The van der Waals surface area contributed by atoms with Gasteiger partial charge in [0.25, 0.3) is 0 Å². The Bertz CT molecular complexity index is 1140. The molecule has 0 aliphatic heterocycles. The number of hydrogen-bond donors (Lipinski definition) is 0. The highest BCUT2D eigenvalue weighted by atomic mass is 16.5. The van der Waals surface area contributed by atoms with Crippen molar-refractivity contribution in [2.75, 3.05) is 0 Å². The number of nitriles is 1. The van der Waals surface area contributed by atoms with Gasteiger partial charge in [-0.25, -0.2) is 4.79 Å². The SMILES string of the molecule is CCC(C)Oc1nc2c(OC(C)C)cccn2c1/C=C(/C#N)C(=O)OCc1ccccc1. The van der Waals surface area contributed by atoms with Gasteiger partial charge in [0.15, 0.2) is 11.4 Å². The topological polar surface area (TPSA) is 85.9 Å². The molecule has 3 rings (SSSR count). The summed E-state index contributed by atoms with van der Waals surface area (Å²) in [5.74, 6) is 0.194. The number of esters is 1. The number of pyridine rings is 1. The van der Waals surface area contributed by atoms with Gasteiger partial charge in [-0.1, -0.05) is 37.3 Å². The van der Waals surface area contributed by atoms with Crippen molar-refractivity contribution in [1.82, 2.24) is 9.38 Å². The van der Waals surface area contributed by atoms with Crippen LogP contribution >= 0.6 is 0 Å². The van der Waals surface area contributed by atoms with Gasteiger partial charge in [-0.15, -0.1) is 0 Å². The summed E-state index contributed by atoms with van der Waals surface area (Å²) in [6, 6.07) is 14.9. The second-order valence-electron chi connectivity index (χ2n) is 7.60. The predicted octanol–water partition coefficient (Wildman–Crippen LogP) is 4.95. The minimum atomic E-state index is -0.713. The van der Waals surface area contributed by atoms with Crippen molar-refractivity contribution in [3.8, 4) is 17.7 Å². The zero-order valence-electron chi connectivity index (χ0n) is 18.7. The third kappa shape index (κ3) is 5.46. The van der Waals surface area contributed by atoms with E-state index in [1.54, 1.807) is 10.6 Å². The fourth-order valence-corrected chi connectivity index (χ4v) is 2.95. The van der Waals surface area contributed by atoms with Crippen molar-refractivity contribution in [1.29, 1.82) is 5.26 Å². The minimum absolute atomic E-state index is 0.0431. The number of nitrogens with zero attached hydrogens (tertiary/aromatic N) is 3. The lowest BCUT2D eigenvalue weighted by Crippen LogP contribution is -2.11. The Balaban J connectivity index is 1.99. The second kappa shape index (κ2) is 10.5. The van der Waals surface area contributed by atoms with E-state index in [-0.39, 0.29) is 24.4 Å². The largest absolute Gasteiger partial charge is 0.487 e. The molecule has 7 heteroatoms. The van der Waals surface area contributed by atoms with Crippen LogP contribution < -0.4 is 9.47 Å². The Hall–Kier alpha value is -3.79. The average molecular weight is 434 g/mol. The van der Waals surface area contributed by atoms with E-state index in [1.165, 1.54) is 6.08 Å². The van der Waals surface area contributed by atoms with Gasteiger partial charge in [0.2, 0.25) is 5.88 Å². The Morgan fingerprint density at radius 3 is 2.56 bits per heavy atom. The van der Waals surface area contributed by atoms with Gasteiger partial charge >= 0.3 is 5.97 Å². The maximum Gasteiger partial charge on any atom is 0.349 e. The molecule has 166 valence electrons. The fraction of sp³-hybridized carbons (Fsp3) is 0.320. The molecular formula is C25H27N3O4. The Kier molecular flexibility index (Phi) is 7.50. The monoisotopic (exact) mass is 433 g/mol. The van der Waals surface area contributed by atoms with Crippen LogP contribution in [-0.4, -0.2) is 27.6 Å². The van der Waals surface area contributed by atoms with Crippen LogP contribution in [-0.2, 0) is 16.1 Å². The molecule has 0 aliphatic carbocycles. The van der Waals surface area contributed by atoms with Crippen molar-refractivity contribution in [3.63, 3.8) is 0 Å². The molecule has 2 aromatic heterocycles. The molecule has 32 heavy (non-hydrogen) atoms. The molecule has 1 aromatic carbocycles. The lowest BCUT2D eigenvalue weighted by Gasteiger charge is -2.11. The van der Waals surface area contributed by atoms with Gasteiger partial charge in [0.05, 0.1) is 12.2 Å². The molecule has 0 bridgehead atoms. The number of benzene rings is 1. The van der Waals surface area contributed by atoms with Crippen LogP contribution in [0.1, 0.15) is 45.4 Å². The third-order valence-corrected chi connectivity index (χ3v) is 4.70. The molecule has 0 fully saturated rings. The van der Waals surface area contributed by atoms with Crippen LogP contribution in [0, 0.1) is 11.3 Å². The lowest BCUT2D eigenvalue weighted by atomic mass is 10.2. The highest BCUT2D eigenvalue weighted by Gasteiger charge is 2.20. The summed E-state index contributed by atoms with van der Waals surface area (Å²) in [7, 11) is 0. The van der Waals surface area contributed by atoms with Crippen LogP contribution in [0.3, 0.4) is 0 Å². The molecule has 0 N–H and O–H groups in total. The number of rotatable bonds is 9. The zero-order valence-corrected chi connectivity index (χ0v) is 18.7. The average Bonchev–Trinajstić information content (AvgIpc) is 3.13. The van der Waals surface area contributed by atoms with Gasteiger partial charge < -0.3 is 14.2 Å². The van der Waals surface area contributed by atoms with E-state index >= 15 is 0 Å². The molecule has 2 heterocycles. The van der Waals surface area contributed by atoms with E-state index in [4.69, 9.17) is 14.2 Å². The quantitative estimate of drug-likeness (QED) is 0.270. The van der Waals surface area contributed by atoms with Gasteiger partial charge in [-0.2, -0.15) is 10.2 Å². The molecule has 0 aliphatic rings. The molecule has 3 aromatic rings. The zero-order chi connectivity index (χ0) is 23.1. The highest BCUT2D eigenvalue weighted by Crippen LogP contribution is 2.30. The first-order chi connectivity index (χ1) is 15.4. The second-order valence-corrected chi connectivity index (χ2v) is 7.60. The first kappa shape index (κ1) is 22.9. The molecule has 7 nitrogen and oxygen atoms in total. The van der Waals surface area contributed by atoms with E-state index in [9.17, 15) is 10.1 Å². The van der Waals surface area contributed by atoms with Crippen molar-refractivity contribution in [2.45, 2.75) is 52.9 Å². The predicted molar refractivity (Wildman–Crippen MR) is 121 cm³/mol. The first-order valence-electron chi connectivity index (χ1n) is 10.6. The molecule has 1 unspecified atom stereocenters. The molecule has 1 atom stereocenters. The number of imidazole rings is 1. The summed E-state index contributed by atoms with van der Waals surface area (Å²) in [6.07, 6.45) is 3.87. The fourth-order valence-electron chi connectivity index (χ4n) is 2.95. The van der Waals surface area contributed by atoms with Gasteiger partial charge in [-0.3, -0.25) is 4.40 Å². The van der Waals surface area contributed by atoms with Gasteiger partial charge in [0, 0.05) is 6.20 Å². The summed E-state index contributed by atoms with van der Waals surface area (Å²) >= 11 is 0. The molecule has 0 saturated heterocycles. The number of hydrogen-bond acceptors (Lipinski definition) is 6. The van der Waals surface area contributed by atoms with E-state index in [2.05, 4.69) is 4.98 Å². The molecule has 0 spiro atoms. The Morgan fingerprint density at radius 2 is 1.91 bits per heavy atom. The van der Waals surface area contributed by atoms with Crippen molar-refractivity contribution in [3.05, 3.63) is 65.5 Å². The van der Waals surface area contributed by atoms with Crippen molar-refractivity contribution >= 4 is 17.7 Å². The summed E-state index contributed by atoms with van der Waals surface area (Å²) in [5.41, 5.74) is 1.71. The Morgan fingerprint density at radius 1 is 1.16 bits per heavy atom. The number of carbonyl (C=O) groups is 1. The standard InChI is InChI=1S/C25H27N3O4/c1-5-18(4)32-24-21(28-13-9-12-22(23(28)27-24)31-17(2)3)14-20(15-26)25(29)30-16-19-10-7-6-8-11-19/h6-14,17-18H,5,16H2,1-4H3/b20-14-. The first-order valence-corrected chi connectivity index (χ1v) is 10.6. The summed E-state index contributed by atoms with van der Waals surface area (Å²) in [6.45, 7) is 7.88. The third-order valence-electron chi connectivity index (χ3n) is 4.70. The maximum absolute atomic E-state index is 12.6. The van der Waals surface area contributed by atoms with E-state index in [0.717, 1.165) is 12.0 Å². The van der Waals surface area contributed by atoms with Gasteiger partial charge in [-0.05, 0) is 51.0 Å². The Labute approximate surface area is 187 Å². The van der Waals surface area contributed by atoms with Gasteiger partial charge in [0.1, 0.15) is 23.9 Å². The molecule has 0 saturated carbocycles. The van der Waals surface area contributed by atoms with Crippen LogP contribution in [0.5, 0.6) is 11.6 Å². The van der Waals surface area contributed by atoms with Crippen LogP contribution in [0.2, 0.25) is 0 Å². The van der Waals surface area contributed by atoms with Crippen LogP contribution in [0.4, 0.5) is 0 Å². The number of ether oxygens (including phenoxy) is 3. The van der Waals surface area contributed by atoms with Crippen molar-refractivity contribution in [2.24, 2.45) is 0 Å². The van der Waals surface area contributed by atoms with Crippen LogP contribution in [0.25, 0.3) is 11.7 Å². The van der Waals surface area contributed by atoms with E-state index in [1.807, 2.05) is 76.2 Å². The highest BCUT2D eigenvalue weighted by molar-refractivity contribution is 5.98. The summed E-state index contributed by atoms with van der Waals surface area (Å²) in [5, 5.41) is 9.64. The van der Waals surface area contributed by atoms with Crippen molar-refractivity contribution < 1.29 is 19.0 Å². The van der Waals surface area contributed by atoms with E-state index < -0.39 is 5.97 Å². The number of aromatic nitrogens is 2. The molecule has 0 amide bonds. The number of fused-ring (bicyclic) bond motifs is 1. The smallest absolute Gasteiger partial charge is 0.349 e. The molecular weight excluding hydrogens is 406 g/mol.